The van der Waals surface area contributed by atoms with Crippen molar-refractivity contribution in [2.24, 2.45) is 0 Å². The normalized spacial score (nSPS) is 10.5. The molecule has 0 saturated carbocycles. The number of nitrogens with one attached hydrogen (secondary N) is 1. The minimum atomic E-state index is -0.377. The van der Waals surface area contributed by atoms with Gasteiger partial charge in [-0.15, -0.1) is 9.24 Å². The van der Waals surface area contributed by atoms with Gasteiger partial charge in [0, 0.05) is 27.8 Å². The lowest BCUT2D eigenvalue weighted by Crippen LogP contribution is -2.19. The lowest BCUT2D eigenvalue weighted by Gasteiger charge is -2.10. The number of amides is 1. The van der Waals surface area contributed by atoms with Crippen molar-refractivity contribution >= 4 is 37.7 Å². The molecule has 0 radical (unpaired) electrons. The molecule has 0 aliphatic rings. The van der Waals surface area contributed by atoms with Gasteiger partial charge in [-0.2, -0.15) is 0 Å². The molecule has 24 heavy (non-hydrogen) atoms. The first-order valence-electron chi connectivity index (χ1n) is 7.30. The molecule has 0 aliphatic carbocycles. The number of hydrogen-bond acceptors (Lipinski definition) is 3. The standard InChI is InChI=1S/C18H15ClN3OP/c1-11-10-20-17(22-15(11)12-6-3-2-4-7-12)18(23)21-14-9-5-8-13(19)16(14)24/h2-10H,24H2,1H3,(H,21,23). The van der Waals surface area contributed by atoms with Crippen molar-refractivity contribution in [2.45, 2.75) is 6.92 Å². The van der Waals surface area contributed by atoms with E-state index in [1.165, 1.54) is 0 Å². The average molecular weight is 356 g/mol. The summed E-state index contributed by atoms with van der Waals surface area (Å²) >= 11 is 6.07. The fourth-order valence-electron chi connectivity index (χ4n) is 2.26. The second-order valence-electron chi connectivity index (χ2n) is 5.25. The van der Waals surface area contributed by atoms with Crippen LogP contribution in [0.4, 0.5) is 5.69 Å². The van der Waals surface area contributed by atoms with Gasteiger partial charge in [-0.05, 0) is 24.6 Å². The monoisotopic (exact) mass is 355 g/mol. The summed E-state index contributed by atoms with van der Waals surface area (Å²) < 4.78 is 0. The van der Waals surface area contributed by atoms with E-state index in [1.807, 2.05) is 37.3 Å². The van der Waals surface area contributed by atoms with Gasteiger partial charge in [0.2, 0.25) is 5.82 Å². The van der Waals surface area contributed by atoms with Crippen LogP contribution < -0.4 is 10.6 Å². The summed E-state index contributed by atoms with van der Waals surface area (Å²) in [6, 6.07) is 15.0. The van der Waals surface area contributed by atoms with E-state index in [9.17, 15) is 4.79 Å². The summed E-state index contributed by atoms with van der Waals surface area (Å²) in [5.74, 6) is -0.262. The molecule has 1 atom stereocenters. The quantitative estimate of drug-likeness (QED) is 0.726. The highest BCUT2D eigenvalue weighted by Gasteiger charge is 2.14. The third kappa shape index (κ3) is 3.45. The van der Waals surface area contributed by atoms with E-state index >= 15 is 0 Å². The number of benzene rings is 2. The fraction of sp³-hybridized carbons (Fsp3) is 0.0556. The minimum absolute atomic E-state index is 0.115. The van der Waals surface area contributed by atoms with Gasteiger partial charge in [0.05, 0.1) is 5.69 Å². The van der Waals surface area contributed by atoms with Gasteiger partial charge in [-0.3, -0.25) is 4.79 Å². The molecule has 0 spiro atoms. The second-order valence-corrected chi connectivity index (χ2v) is 6.23. The average Bonchev–Trinajstić information content (AvgIpc) is 2.60. The van der Waals surface area contributed by atoms with Crippen molar-refractivity contribution in [3.05, 3.63) is 71.1 Å². The molecular formula is C18H15ClN3OP. The number of carbonyl (C=O) groups is 1. The molecule has 2 aromatic carbocycles. The van der Waals surface area contributed by atoms with Gasteiger partial charge in [-0.25, -0.2) is 9.97 Å². The van der Waals surface area contributed by atoms with Crippen LogP contribution in [0.1, 0.15) is 16.2 Å². The van der Waals surface area contributed by atoms with E-state index in [-0.39, 0.29) is 11.7 Å². The Hall–Kier alpha value is -2.29. The molecule has 0 saturated heterocycles. The highest BCUT2D eigenvalue weighted by molar-refractivity contribution is 7.28. The number of aromatic nitrogens is 2. The topological polar surface area (TPSA) is 54.9 Å². The molecule has 0 bridgehead atoms. The Kier molecular flexibility index (Phi) is 4.89. The van der Waals surface area contributed by atoms with Crippen LogP contribution in [0.5, 0.6) is 0 Å². The van der Waals surface area contributed by atoms with Gasteiger partial charge in [0.1, 0.15) is 0 Å². The maximum absolute atomic E-state index is 12.5. The summed E-state index contributed by atoms with van der Waals surface area (Å²) in [4.78, 5) is 21.1. The lowest BCUT2D eigenvalue weighted by molar-refractivity contribution is 0.101. The third-order valence-electron chi connectivity index (χ3n) is 3.52. The first-order valence-corrected chi connectivity index (χ1v) is 8.26. The maximum Gasteiger partial charge on any atom is 0.293 e. The summed E-state index contributed by atoms with van der Waals surface area (Å²) in [5, 5.41) is 4.08. The van der Waals surface area contributed by atoms with E-state index in [4.69, 9.17) is 11.6 Å². The van der Waals surface area contributed by atoms with E-state index in [2.05, 4.69) is 24.5 Å². The van der Waals surface area contributed by atoms with Crippen molar-refractivity contribution < 1.29 is 4.79 Å². The number of aryl methyl sites for hydroxylation is 1. The predicted molar refractivity (Wildman–Crippen MR) is 101 cm³/mol. The second kappa shape index (κ2) is 7.08. The Morgan fingerprint density at radius 2 is 1.88 bits per heavy atom. The number of halogens is 1. The summed E-state index contributed by atoms with van der Waals surface area (Å²) in [7, 11) is 2.52. The summed E-state index contributed by atoms with van der Waals surface area (Å²) in [6.45, 7) is 1.92. The van der Waals surface area contributed by atoms with Gasteiger partial charge >= 0.3 is 0 Å². The van der Waals surface area contributed by atoms with Crippen molar-refractivity contribution in [1.29, 1.82) is 0 Å². The summed E-state index contributed by atoms with van der Waals surface area (Å²) in [5.41, 5.74) is 3.21. The van der Waals surface area contributed by atoms with Crippen molar-refractivity contribution in [3.63, 3.8) is 0 Å². The number of anilines is 1. The van der Waals surface area contributed by atoms with Crippen molar-refractivity contribution in [1.82, 2.24) is 9.97 Å². The number of nitrogens with zero attached hydrogens (tertiary/aromatic N) is 2. The first kappa shape index (κ1) is 16.6. The largest absolute Gasteiger partial charge is 0.319 e. The molecule has 6 heteroatoms. The van der Waals surface area contributed by atoms with Gasteiger partial charge in [-0.1, -0.05) is 48.0 Å². The molecule has 0 fully saturated rings. The zero-order valence-electron chi connectivity index (χ0n) is 13.0. The van der Waals surface area contributed by atoms with Crippen LogP contribution in [0.3, 0.4) is 0 Å². The van der Waals surface area contributed by atoms with Gasteiger partial charge in [0.15, 0.2) is 0 Å². The predicted octanol–water partition coefficient (Wildman–Crippen LogP) is 3.86. The van der Waals surface area contributed by atoms with Gasteiger partial charge < -0.3 is 5.32 Å². The summed E-state index contributed by atoms with van der Waals surface area (Å²) in [6.07, 6.45) is 1.66. The molecule has 4 nitrogen and oxygen atoms in total. The Balaban J connectivity index is 1.92. The molecule has 0 aliphatic heterocycles. The Morgan fingerprint density at radius 1 is 1.12 bits per heavy atom. The van der Waals surface area contributed by atoms with Crippen LogP contribution in [-0.2, 0) is 0 Å². The Labute approximate surface area is 147 Å². The van der Waals surface area contributed by atoms with Crippen LogP contribution in [0, 0.1) is 6.92 Å². The van der Waals surface area contributed by atoms with Crippen LogP contribution in [0.15, 0.2) is 54.7 Å². The molecular weight excluding hydrogens is 341 g/mol. The molecule has 1 aromatic heterocycles. The zero-order valence-corrected chi connectivity index (χ0v) is 14.9. The number of carbonyl (C=O) groups excluding carboxylic acids is 1. The molecule has 1 heterocycles. The van der Waals surface area contributed by atoms with Crippen molar-refractivity contribution in [3.8, 4) is 11.3 Å². The van der Waals surface area contributed by atoms with Gasteiger partial charge in [0.25, 0.3) is 5.91 Å². The Bertz CT molecular complexity index is 900. The molecule has 1 N–H and O–H groups in total. The smallest absolute Gasteiger partial charge is 0.293 e. The molecule has 3 aromatic rings. The van der Waals surface area contributed by atoms with Crippen molar-refractivity contribution in [2.75, 3.05) is 5.32 Å². The number of rotatable bonds is 3. The molecule has 1 unspecified atom stereocenters. The SMILES string of the molecule is Cc1cnc(C(=O)Nc2cccc(Cl)c2P)nc1-c1ccccc1. The van der Waals surface area contributed by atoms with E-state index < -0.39 is 0 Å². The first-order chi connectivity index (χ1) is 11.6. The minimum Gasteiger partial charge on any atom is -0.319 e. The van der Waals surface area contributed by atoms with E-state index in [1.54, 1.807) is 24.4 Å². The lowest BCUT2D eigenvalue weighted by atomic mass is 10.1. The van der Waals surface area contributed by atoms with E-state index in [0.717, 1.165) is 22.1 Å². The maximum atomic E-state index is 12.5. The highest BCUT2D eigenvalue weighted by atomic mass is 35.5. The van der Waals surface area contributed by atoms with Crippen LogP contribution in [0.25, 0.3) is 11.3 Å². The van der Waals surface area contributed by atoms with E-state index in [0.29, 0.717) is 10.7 Å². The highest BCUT2D eigenvalue weighted by Crippen LogP contribution is 2.21. The van der Waals surface area contributed by atoms with Crippen LogP contribution in [-0.4, -0.2) is 15.9 Å². The molecule has 1 amide bonds. The molecule has 3 rings (SSSR count). The van der Waals surface area contributed by atoms with Crippen LogP contribution in [0.2, 0.25) is 5.02 Å². The Morgan fingerprint density at radius 3 is 2.62 bits per heavy atom. The fourth-order valence-corrected chi connectivity index (χ4v) is 2.70. The zero-order chi connectivity index (χ0) is 17.1. The molecule has 120 valence electrons. The van der Waals surface area contributed by atoms with Crippen LogP contribution >= 0.6 is 20.8 Å². The number of hydrogen-bond donors (Lipinski definition) is 1. The third-order valence-corrected chi connectivity index (χ3v) is 4.66.